The van der Waals surface area contributed by atoms with Gasteiger partial charge in [-0.1, -0.05) is 135 Å². The van der Waals surface area contributed by atoms with Crippen LogP contribution < -0.4 is 14.5 Å². The Morgan fingerprint density at radius 1 is 0.557 bits per heavy atom. The van der Waals surface area contributed by atoms with Gasteiger partial charge in [-0.05, 0) is 87.2 Å². The smallest absolute Gasteiger partial charge is 0.135 e. The van der Waals surface area contributed by atoms with Crippen molar-refractivity contribution in [2.24, 2.45) is 0 Å². The van der Waals surface area contributed by atoms with E-state index >= 15 is 0 Å². The van der Waals surface area contributed by atoms with Crippen LogP contribution in [0.2, 0.25) is 0 Å². The molecule has 0 unspecified atom stereocenters. The van der Waals surface area contributed by atoms with E-state index in [9.17, 15) is 0 Å². The predicted molar refractivity (Wildman–Crippen MR) is 250 cm³/mol. The molecule has 61 heavy (non-hydrogen) atoms. The minimum Gasteiger partial charge on any atom is -0.509 e. The summed E-state index contributed by atoms with van der Waals surface area (Å²) in [6.07, 6.45) is 1.91. The van der Waals surface area contributed by atoms with Crippen molar-refractivity contribution in [2.75, 3.05) is 9.80 Å². The fraction of sp³-hybridized carbons (Fsp3) is 0.236. The fourth-order valence-corrected chi connectivity index (χ4v) is 8.30. The third kappa shape index (κ3) is 7.90. The maximum atomic E-state index is 6.81. The second-order valence-electron chi connectivity index (χ2n) is 19.2. The van der Waals surface area contributed by atoms with E-state index in [0.29, 0.717) is 11.5 Å². The summed E-state index contributed by atoms with van der Waals surface area (Å²) in [5.41, 5.74) is 13.4. The number of benzene rings is 6. The van der Waals surface area contributed by atoms with E-state index < -0.39 is 0 Å². The quantitative estimate of drug-likeness (QED) is 0.156. The monoisotopic (exact) mass is 980 g/mol. The van der Waals surface area contributed by atoms with Crippen LogP contribution in [0.5, 0.6) is 11.5 Å². The molecular weight excluding hydrogens is 928 g/mol. The number of aryl methyl sites for hydroxylation is 1. The average Bonchev–Trinajstić information content (AvgIpc) is 3.76. The minimum atomic E-state index is -0.159. The van der Waals surface area contributed by atoms with Gasteiger partial charge in [0.15, 0.2) is 0 Å². The molecule has 0 spiro atoms. The Balaban J connectivity index is 0.00000514. The van der Waals surface area contributed by atoms with Crippen molar-refractivity contribution in [1.82, 2.24) is 9.55 Å². The van der Waals surface area contributed by atoms with Gasteiger partial charge in [-0.3, -0.25) is 0 Å². The number of para-hydroxylation sites is 3. The first-order valence-corrected chi connectivity index (χ1v) is 21.0. The van der Waals surface area contributed by atoms with Crippen molar-refractivity contribution in [3.63, 3.8) is 0 Å². The third-order valence-corrected chi connectivity index (χ3v) is 11.8. The topological polar surface area (TPSA) is 33.5 Å². The van der Waals surface area contributed by atoms with Gasteiger partial charge in [-0.15, -0.1) is 53.6 Å². The fourth-order valence-electron chi connectivity index (χ4n) is 8.30. The molecule has 1 aliphatic rings. The molecule has 0 fully saturated rings. The first-order chi connectivity index (χ1) is 28.5. The number of hydrogen-bond acceptors (Lipinski definition) is 4. The number of anilines is 4. The minimum absolute atomic E-state index is 0. The molecule has 0 saturated heterocycles. The molecule has 2 aromatic heterocycles. The molecule has 1 aliphatic heterocycles. The van der Waals surface area contributed by atoms with Gasteiger partial charge in [0.05, 0.1) is 0 Å². The average molecular weight is 981 g/mol. The number of nitrogens with zero attached hydrogens (tertiary/aromatic N) is 4. The van der Waals surface area contributed by atoms with E-state index in [4.69, 9.17) is 9.72 Å². The molecule has 0 amide bonds. The van der Waals surface area contributed by atoms with Crippen LogP contribution in [0.1, 0.15) is 84.6 Å². The van der Waals surface area contributed by atoms with Crippen LogP contribution in [0, 0.1) is 25.7 Å². The normalized spacial score (nSPS) is 13.1. The summed E-state index contributed by atoms with van der Waals surface area (Å²) < 4.78 is 9.02. The van der Waals surface area contributed by atoms with Gasteiger partial charge >= 0.3 is 0 Å². The van der Waals surface area contributed by atoms with Crippen molar-refractivity contribution < 1.29 is 25.8 Å². The van der Waals surface area contributed by atoms with Crippen LogP contribution in [-0.2, 0) is 37.3 Å². The van der Waals surface area contributed by atoms with Crippen LogP contribution in [0.3, 0.4) is 0 Å². The molecule has 6 heteroatoms. The van der Waals surface area contributed by atoms with E-state index in [0.717, 1.165) is 55.9 Å². The number of fused-ring (bicyclic) bond motifs is 4. The molecule has 6 aromatic carbocycles. The van der Waals surface area contributed by atoms with Crippen LogP contribution in [-0.4, -0.2) is 9.55 Å². The third-order valence-electron chi connectivity index (χ3n) is 11.8. The SMILES string of the molecule is Cc1cccc(N2[CH-]N(c3[c-]c(Oc4[c-]c5c(cc4)c4ccccc4n5-c4cc(C(C)(C)C)ccn4)cc(C(C)(C)C)c3)c3ccccc32)c1-c1ccc(C(C)(C)C)cc1.[Pt]. The van der Waals surface area contributed by atoms with E-state index in [-0.39, 0.29) is 37.3 Å². The standard InChI is InChI=1S/C55H53N4O.Pt/c1-36-16-15-21-49(52(36)37-22-24-38(25-23-37)53(2,3)4)58-35-57(47-19-13-14-20-48(47)58)41-30-40(55(8,9)10)31-43(33-41)60-42-26-27-45-44-17-11-12-18-46(44)59(50(45)34-42)51-32-39(28-29-56-51)54(5,6)7;/h11-32,35H,1-10H3;/q-3;. The van der Waals surface area contributed by atoms with Crippen molar-refractivity contribution >= 4 is 44.6 Å². The molecule has 0 N–H and O–H groups in total. The summed E-state index contributed by atoms with van der Waals surface area (Å²) in [7, 11) is 0. The van der Waals surface area contributed by atoms with Crippen LogP contribution >= 0.6 is 0 Å². The van der Waals surface area contributed by atoms with Crippen LogP contribution in [0.4, 0.5) is 22.7 Å². The first kappa shape index (κ1) is 42.1. The first-order valence-electron chi connectivity index (χ1n) is 21.0. The summed E-state index contributed by atoms with van der Waals surface area (Å²) >= 11 is 0. The molecule has 0 radical (unpaired) electrons. The van der Waals surface area contributed by atoms with Crippen LogP contribution in [0.15, 0.2) is 134 Å². The number of aromatic nitrogens is 2. The number of pyridine rings is 1. The zero-order chi connectivity index (χ0) is 42.1. The van der Waals surface area contributed by atoms with Crippen molar-refractivity contribution in [3.05, 3.63) is 175 Å². The van der Waals surface area contributed by atoms with E-state index in [1.165, 1.54) is 27.8 Å². The van der Waals surface area contributed by atoms with Crippen molar-refractivity contribution in [3.8, 4) is 28.4 Å². The Kier molecular flexibility index (Phi) is 10.8. The largest absolute Gasteiger partial charge is 0.509 e. The molecule has 0 bridgehead atoms. The predicted octanol–water partition coefficient (Wildman–Crippen LogP) is 14.8. The molecule has 5 nitrogen and oxygen atoms in total. The maximum absolute atomic E-state index is 6.81. The Labute approximate surface area is 376 Å². The van der Waals surface area contributed by atoms with Crippen LogP contribution in [0.25, 0.3) is 38.8 Å². The second-order valence-corrected chi connectivity index (χ2v) is 19.2. The number of rotatable bonds is 6. The molecule has 0 saturated carbocycles. The van der Waals surface area contributed by atoms with Gasteiger partial charge in [0.2, 0.25) is 0 Å². The van der Waals surface area contributed by atoms with Gasteiger partial charge in [0.1, 0.15) is 5.82 Å². The van der Waals surface area contributed by atoms with Gasteiger partial charge in [-0.2, -0.15) is 6.07 Å². The molecule has 0 atom stereocenters. The summed E-state index contributed by atoms with van der Waals surface area (Å²) in [6, 6.07) is 52.9. The van der Waals surface area contributed by atoms with Crippen molar-refractivity contribution in [2.45, 2.75) is 85.5 Å². The number of hydrogen-bond donors (Lipinski definition) is 0. The summed E-state index contributed by atoms with van der Waals surface area (Å²) in [5, 5.41) is 2.24. The van der Waals surface area contributed by atoms with E-state index in [2.05, 4.69) is 224 Å². The molecule has 3 heterocycles. The van der Waals surface area contributed by atoms with Gasteiger partial charge < -0.3 is 19.1 Å². The van der Waals surface area contributed by atoms with Gasteiger partial charge in [-0.25, -0.2) is 4.98 Å². The zero-order valence-electron chi connectivity index (χ0n) is 36.8. The van der Waals surface area contributed by atoms with E-state index in [1.54, 1.807) is 0 Å². The second kappa shape index (κ2) is 15.7. The molecule has 0 aliphatic carbocycles. The summed E-state index contributed by atoms with van der Waals surface area (Å²) in [4.78, 5) is 9.43. The molecule has 8 aromatic rings. The molecular formula is C55H53N4OPt-3. The maximum Gasteiger partial charge on any atom is 0.135 e. The Hall–Kier alpha value is -5.64. The summed E-state index contributed by atoms with van der Waals surface area (Å²) in [6.45, 7) is 24.6. The van der Waals surface area contributed by atoms with Crippen molar-refractivity contribution in [1.29, 1.82) is 0 Å². The molecule has 9 rings (SSSR count). The van der Waals surface area contributed by atoms with Gasteiger partial charge in [0, 0.05) is 66.9 Å². The Bertz CT molecular complexity index is 2910. The Morgan fingerprint density at radius 3 is 1.92 bits per heavy atom. The van der Waals surface area contributed by atoms with E-state index in [1.807, 2.05) is 12.3 Å². The number of ether oxygens (including phenoxy) is 1. The summed E-state index contributed by atoms with van der Waals surface area (Å²) in [5.74, 6) is 2.10. The Morgan fingerprint density at radius 2 is 1.21 bits per heavy atom. The molecule has 312 valence electrons. The zero-order valence-corrected chi connectivity index (χ0v) is 39.1. The van der Waals surface area contributed by atoms with Gasteiger partial charge in [0.25, 0.3) is 0 Å².